The predicted molar refractivity (Wildman–Crippen MR) is 80.1 cm³/mol. The maximum Gasteiger partial charge on any atom is 0.335 e. The molecule has 1 atom stereocenters. The Bertz CT molecular complexity index is 466. The fourth-order valence-corrected chi connectivity index (χ4v) is 2.17. The lowest BCUT2D eigenvalue weighted by atomic mass is 9.95. The molecule has 1 aromatic carbocycles. The maximum absolute atomic E-state index is 12.2. The quantitative estimate of drug-likeness (QED) is 0.785. The van der Waals surface area contributed by atoms with Crippen molar-refractivity contribution in [3.05, 3.63) is 29.8 Å². The molecule has 1 aliphatic rings. The van der Waals surface area contributed by atoms with Crippen LogP contribution in [0, 0.1) is 5.92 Å². The zero-order valence-corrected chi connectivity index (χ0v) is 12.7. The van der Waals surface area contributed by atoms with E-state index < -0.39 is 6.10 Å². The summed E-state index contributed by atoms with van der Waals surface area (Å²) in [5.41, 5.74) is 0.876. The minimum absolute atomic E-state index is 0.166. The summed E-state index contributed by atoms with van der Waals surface area (Å²) in [6.07, 6.45) is 3.18. The molecule has 2 rings (SSSR count). The van der Waals surface area contributed by atoms with Crippen LogP contribution in [0.15, 0.2) is 24.3 Å². The number of ether oxygens (including phenoxy) is 2. The molecule has 1 aromatic rings. The number of carbonyl (C=O) groups is 1. The van der Waals surface area contributed by atoms with Gasteiger partial charge in [0, 0.05) is 6.42 Å². The van der Waals surface area contributed by atoms with E-state index in [1.54, 1.807) is 18.2 Å². The zero-order chi connectivity index (χ0) is 15.2. The van der Waals surface area contributed by atoms with E-state index in [0.717, 1.165) is 24.8 Å². The molecule has 0 heterocycles. The number of hydrogen-bond donors (Lipinski definition) is 1. The molecular weight excluding hydrogens is 268 g/mol. The van der Waals surface area contributed by atoms with Gasteiger partial charge in [0.2, 0.25) is 0 Å². The van der Waals surface area contributed by atoms with Crippen molar-refractivity contribution < 1.29 is 19.4 Å². The van der Waals surface area contributed by atoms with Crippen molar-refractivity contribution in [1.29, 1.82) is 0 Å². The number of phenolic OH excluding ortho intramolecular Hbond substituents is 1. The molecular formula is C17H24O4. The minimum atomic E-state index is -0.587. The molecule has 0 radical (unpaired) electrons. The van der Waals surface area contributed by atoms with Crippen molar-refractivity contribution in [2.75, 3.05) is 6.61 Å². The van der Waals surface area contributed by atoms with Gasteiger partial charge >= 0.3 is 5.97 Å². The van der Waals surface area contributed by atoms with Crippen LogP contribution < -0.4 is 0 Å². The zero-order valence-electron chi connectivity index (χ0n) is 12.7. The Balaban J connectivity index is 1.98. The average Bonchev–Trinajstić information content (AvgIpc) is 2.38. The first-order chi connectivity index (χ1) is 10.0. The summed E-state index contributed by atoms with van der Waals surface area (Å²) in [6.45, 7) is 4.41. The molecule has 0 aliphatic heterocycles. The van der Waals surface area contributed by atoms with Gasteiger partial charge in [-0.3, -0.25) is 0 Å². The highest BCUT2D eigenvalue weighted by Crippen LogP contribution is 2.25. The van der Waals surface area contributed by atoms with Crippen LogP contribution in [0.5, 0.6) is 5.75 Å². The fraction of sp³-hybridized carbons (Fsp3) is 0.588. The second-order valence-electron chi connectivity index (χ2n) is 6.08. The van der Waals surface area contributed by atoms with Gasteiger partial charge in [0.15, 0.2) is 6.10 Å². The van der Waals surface area contributed by atoms with Gasteiger partial charge in [-0.25, -0.2) is 4.79 Å². The van der Waals surface area contributed by atoms with Crippen LogP contribution >= 0.6 is 0 Å². The first-order valence-electron chi connectivity index (χ1n) is 7.64. The van der Waals surface area contributed by atoms with E-state index in [4.69, 9.17) is 9.47 Å². The van der Waals surface area contributed by atoms with E-state index in [0.29, 0.717) is 18.9 Å². The molecule has 1 unspecified atom stereocenters. The van der Waals surface area contributed by atoms with Crippen LogP contribution in [-0.2, 0) is 20.7 Å². The second kappa shape index (κ2) is 7.46. The molecule has 0 bridgehead atoms. The molecule has 1 N–H and O–H groups in total. The molecule has 1 fully saturated rings. The number of phenols is 1. The number of hydrogen-bond acceptors (Lipinski definition) is 4. The van der Waals surface area contributed by atoms with E-state index in [9.17, 15) is 9.90 Å². The van der Waals surface area contributed by atoms with Crippen molar-refractivity contribution >= 4 is 5.97 Å². The normalized spacial score (nSPS) is 16.5. The molecule has 4 heteroatoms. The monoisotopic (exact) mass is 292 g/mol. The SMILES string of the molecule is CC(C)COC(=O)C(Cc1cccc(O)c1)OC1CCC1. The Morgan fingerprint density at radius 2 is 2.14 bits per heavy atom. The van der Waals surface area contributed by atoms with Crippen LogP contribution in [0.3, 0.4) is 0 Å². The largest absolute Gasteiger partial charge is 0.508 e. The van der Waals surface area contributed by atoms with Crippen molar-refractivity contribution in [3.8, 4) is 5.75 Å². The third-order valence-electron chi connectivity index (χ3n) is 3.56. The third-order valence-corrected chi connectivity index (χ3v) is 3.56. The number of benzene rings is 1. The highest BCUT2D eigenvalue weighted by Gasteiger charge is 2.28. The molecule has 0 amide bonds. The lowest BCUT2D eigenvalue weighted by molar-refractivity contribution is -0.165. The topological polar surface area (TPSA) is 55.8 Å². The van der Waals surface area contributed by atoms with Gasteiger partial charge in [-0.1, -0.05) is 26.0 Å². The van der Waals surface area contributed by atoms with E-state index in [-0.39, 0.29) is 17.8 Å². The predicted octanol–water partition coefficient (Wildman–Crippen LogP) is 3.07. The lowest BCUT2D eigenvalue weighted by Gasteiger charge is -2.29. The summed E-state index contributed by atoms with van der Waals surface area (Å²) >= 11 is 0. The number of rotatable bonds is 7. The molecule has 1 saturated carbocycles. The standard InChI is InChI=1S/C17H24O4/c1-12(2)11-20-17(19)16(21-15-7-4-8-15)10-13-5-3-6-14(18)9-13/h3,5-6,9,12,15-16,18H,4,7-8,10-11H2,1-2H3. The first-order valence-corrected chi connectivity index (χ1v) is 7.64. The summed E-state index contributed by atoms with van der Waals surface area (Å²) in [4.78, 5) is 12.2. The van der Waals surface area contributed by atoms with E-state index >= 15 is 0 Å². The van der Waals surface area contributed by atoms with Crippen molar-refractivity contribution in [1.82, 2.24) is 0 Å². The van der Waals surface area contributed by atoms with Crippen molar-refractivity contribution in [2.45, 2.75) is 51.7 Å². The molecule has 4 nitrogen and oxygen atoms in total. The summed E-state index contributed by atoms with van der Waals surface area (Å²) in [7, 11) is 0. The van der Waals surface area contributed by atoms with Gasteiger partial charge in [0.1, 0.15) is 5.75 Å². The van der Waals surface area contributed by atoms with Crippen LogP contribution in [0.1, 0.15) is 38.7 Å². The molecule has 21 heavy (non-hydrogen) atoms. The maximum atomic E-state index is 12.2. The Morgan fingerprint density at radius 1 is 1.38 bits per heavy atom. The Kier molecular flexibility index (Phi) is 5.62. The smallest absolute Gasteiger partial charge is 0.335 e. The molecule has 0 saturated heterocycles. The minimum Gasteiger partial charge on any atom is -0.508 e. The fourth-order valence-electron chi connectivity index (χ4n) is 2.17. The second-order valence-corrected chi connectivity index (χ2v) is 6.08. The van der Waals surface area contributed by atoms with Crippen LogP contribution in [0.2, 0.25) is 0 Å². The van der Waals surface area contributed by atoms with E-state index in [1.807, 2.05) is 19.9 Å². The highest BCUT2D eigenvalue weighted by molar-refractivity contribution is 5.75. The first kappa shape index (κ1) is 15.8. The van der Waals surface area contributed by atoms with Crippen LogP contribution in [0.25, 0.3) is 0 Å². The van der Waals surface area contributed by atoms with Crippen molar-refractivity contribution in [3.63, 3.8) is 0 Å². The molecule has 1 aliphatic carbocycles. The lowest BCUT2D eigenvalue weighted by Crippen LogP contribution is -2.36. The molecule has 0 spiro atoms. The van der Waals surface area contributed by atoms with E-state index in [1.165, 1.54) is 0 Å². The Labute approximate surface area is 126 Å². The van der Waals surface area contributed by atoms with Gasteiger partial charge < -0.3 is 14.6 Å². The third kappa shape index (κ3) is 5.05. The van der Waals surface area contributed by atoms with Gasteiger partial charge in [-0.2, -0.15) is 0 Å². The van der Waals surface area contributed by atoms with Gasteiger partial charge in [-0.05, 0) is 42.9 Å². The number of esters is 1. The van der Waals surface area contributed by atoms with Gasteiger partial charge in [-0.15, -0.1) is 0 Å². The van der Waals surface area contributed by atoms with Crippen LogP contribution in [0.4, 0.5) is 0 Å². The summed E-state index contributed by atoms with van der Waals surface area (Å²) in [5.74, 6) is 0.198. The summed E-state index contributed by atoms with van der Waals surface area (Å²) in [5, 5.41) is 9.52. The Hall–Kier alpha value is -1.55. The highest BCUT2D eigenvalue weighted by atomic mass is 16.6. The summed E-state index contributed by atoms with van der Waals surface area (Å²) < 4.78 is 11.2. The average molecular weight is 292 g/mol. The Morgan fingerprint density at radius 3 is 2.71 bits per heavy atom. The molecule has 116 valence electrons. The molecule has 0 aromatic heterocycles. The summed E-state index contributed by atoms with van der Waals surface area (Å²) in [6, 6.07) is 6.92. The van der Waals surface area contributed by atoms with Crippen LogP contribution in [-0.4, -0.2) is 29.9 Å². The van der Waals surface area contributed by atoms with Gasteiger partial charge in [0.25, 0.3) is 0 Å². The van der Waals surface area contributed by atoms with E-state index in [2.05, 4.69) is 0 Å². The number of carbonyl (C=O) groups excluding carboxylic acids is 1. The van der Waals surface area contributed by atoms with Crippen molar-refractivity contribution in [2.24, 2.45) is 5.92 Å². The van der Waals surface area contributed by atoms with Gasteiger partial charge in [0.05, 0.1) is 12.7 Å². The number of aromatic hydroxyl groups is 1.